The Hall–Kier alpha value is -0.170. The molecule has 2 aliphatic rings. The van der Waals surface area contributed by atoms with E-state index in [0.29, 0.717) is 26.1 Å². The van der Waals surface area contributed by atoms with Crippen LogP contribution in [0.15, 0.2) is 0 Å². The van der Waals surface area contributed by atoms with Gasteiger partial charge in [0.25, 0.3) is 10.2 Å². The van der Waals surface area contributed by atoms with Crippen LogP contribution in [0.4, 0.5) is 0 Å². The van der Waals surface area contributed by atoms with E-state index in [1.54, 1.807) is 0 Å². The molecule has 1 heterocycles. The van der Waals surface area contributed by atoms with Gasteiger partial charge in [-0.25, -0.2) is 4.72 Å². The molecule has 2 fully saturated rings. The van der Waals surface area contributed by atoms with Gasteiger partial charge in [-0.1, -0.05) is 0 Å². The maximum absolute atomic E-state index is 11.9. The Morgan fingerprint density at radius 2 is 1.88 bits per heavy atom. The van der Waals surface area contributed by atoms with Gasteiger partial charge in [-0.3, -0.25) is 0 Å². The van der Waals surface area contributed by atoms with Gasteiger partial charge in [-0.15, -0.1) is 0 Å². The van der Waals surface area contributed by atoms with Crippen LogP contribution >= 0.6 is 0 Å². The molecule has 1 aliphatic heterocycles. The Morgan fingerprint density at radius 3 is 2.38 bits per heavy atom. The molecule has 2 rings (SSSR count). The van der Waals surface area contributed by atoms with Crippen LogP contribution in [-0.4, -0.2) is 44.1 Å². The minimum atomic E-state index is -3.27. The van der Waals surface area contributed by atoms with E-state index in [9.17, 15) is 8.42 Å². The highest BCUT2D eigenvalue weighted by Gasteiger charge is 2.43. The predicted octanol–water partition coefficient (Wildman–Crippen LogP) is 0.0792. The topological polar surface area (TPSA) is 69.6 Å². The van der Waals surface area contributed by atoms with Gasteiger partial charge in [0.2, 0.25) is 0 Å². The number of nitrogens with one attached hydrogen (secondary N) is 1. The summed E-state index contributed by atoms with van der Waals surface area (Å²) < 4.78 is 27.9. The van der Waals surface area contributed by atoms with Crippen LogP contribution < -0.4 is 4.72 Å². The van der Waals surface area contributed by atoms with Crippen molar-refractivity contribution in [1.82, 2.24) is 9.03 Å². The molecule has 0 unspecified atom stereocenters. The van der Waals surface area contributed by atoms with E-state index in [-0.39, 0.29) is 12.0 Å². The number of nitrogens with zero attached hydrogens (tertiary/aromatic N) is 1. The van der Waals surface area contributed by atoms with Crippen molar-refractivity contribution in [3.8, 4) is 0 Å². The number of hydrogen-bond acceptors (Lipinski definition) is 3. The summed E-state index contributed by atoms with van der Waals surface area (Å²) in [6.07, 6.45) is 4.67. The number of rotatable bonds is 6. The van der Waals surface area contributed by atoms with Gasteiger partial charge in [0.05, 0.1) is 0 Å². The fraction of sp³-hybridized carbons (Fsp3) is 1.00. The molecule has 0 amide bonds. The highest BCUT2D eigenvalue weighted by Crippen LogP contribution is 2.48. The van der Waals surface area contributed by atoms with Gasteiger partial charge in [-0.2, -0.15) is 12.7 Å². The minimum absolute atomic E-state index is 0.0432. The minimum Gasteiger partial charge on any atom is -0.396 e. The summed E-state index contributed by atoms with van der Waals surface area (Å²) in [6, 6.07) is 0. The van der Waals surface area contributed by atoms with E-state index in [0.717, 1.165) is 25.7 Å². The van der Waals surface area contributed by atoms with Crippen molar-refractivity contribution >= 4 is 10.2 Å². The number of aliphatic hydroxyl groups excluding tert-OH is 1. The lowest BCUT2D eigenvalue weighted by atomic mass is 10.0. The maximum atomic E-state index is 11.9. The van der Waals surface area contributed by atoms with Gasteiger partial charge in [0.15, 0.2) is 0 Å². The standard InChI is InChI=1S/C10H20N2O3S/c13-8-5-10(3-4-10)9-11-16(14,15)12-6-1-2-7-12/h11,13H,1-9H2. The Morgan fingerprint density at radius 1 is 1.25 bits per heavy atom. The third-order valence-electron chi connectivity index (χ3n) is 3.63. The van der Waals surface area contributed by atoms with Gasteiger partial charge >= 0.3 is 0 Å². The zero-order valence-corrected chi connectivity index (χ0v) is 10.3. The van der Waals surface area contributed by atoms with Crippen molar-refractivity contribution in [3.05, 3.63) is 0 Å². The molecule has 5 nitrogen and oxygen atoms in total. The average molecular weight is 248 g/mol. The molecule has 6 heteroatoms. The monoisotopic (exact) mass is 248 g/mol. The van der Waals surface area contributed by atoms with Crippen molar-refractivity contribution in [2.24, 2.45) is 5.41 Å². The molecule has 16 heavy (non-hydrogen) atoms. The molecule has 0 bridgehead atoms. The summed E-state index contributed by atoms with van der Waals surface area (Å²) in [5.74, 6) is 0. The molecular weight excluding hydrogens is 228 g/mol. The zero-order chi connectivity index (χ0) is 11.6. The molecule has 0 atom stereocenters. The SMILES string of the molecule is O=S(=O)(NCC1(CCO)CC1)N1CCCC1. The molecule has 0 spiro atoms. The van der Waals surface area contributed by atoms with Crippen molar-refractivity contribution in [2.75, 3.05) is 26.2 Å². The molecule has 1 saturated heterocycles. The van der Waals surface area contributed by atoms with E-state index in [1.165, 1.54) is 4.31 Å². The molecule has 1 aliphatic carbocycles. The molecule has 1 saturated carbocycles. The Balaban J connectivity index is 1.84. The van der Waals surface area contributed by atoms with Crippen LogP contribution in [0.5, 0.6) is 0 Å². The van der Waals surface area contributed by atoms with Crippen LogP contribution in [0.25, 0.3) is 0 Å². The number of hydrogen-bond donors (Lipinski definition) is 2. The van der Waals surface area contributed by atoms with E-state index < -0.39 is 10.2 Å². The molecule has 2 N–H and O–H groups in total. The Bertz CT molecular complexity index is 332. The van der Waals surface area contributed by atoms with Crippen LogP contribution in [0.3, 0.4) is 0 Å². The fourth-order valence-electron chi connectivity index (χ4n) is 2.19. The normalized spacial score (nSPS) is 24.8. The van der Waals surface area contributed by atoms with E-state index >= 15 is 0 Å². The molecule has 94 valence electrons. The van der Waals surface area contributed by atoms with Crippen molar-refractivity contribution in [3.63, 3.8) is 0 Å². The predicted molar refractivity (Wildman–Crippen MR) is 61.1 cm³/mol. The maximum Gasteiger partial charge on any atom is 0.279 e. The van der Waals surface area contributed by atoms with Crippen LogP contribution in [0.2, 0.25) is 0 Å². The third kappa shape index (κ3) is 2.74. The summed E-state index contributed by atoms with van der Waals surface area (Å²) in [5, 5.41) is 8.90. The second-order valence-corrected chi connectivity index (χ2v) is 6.66. The van der Waals surface area contributed by atoms with Crippen molar-refractivity contribution in [2.45, 2.75) is 32.1 Å². The first kappa shape index (κ1) is 12.3. The quantitative estimate of drug-likeness (QED) is 0.699. The summed E-state index contributed by atoms with van der Waals surface area (Å²) in [5.41, 5.74) is 0.0432. The highest BCUT2D eigenvalue weighted by atomic mass is 32.2. The summed E-state index contributed by atoms with van der Waals surface area (Å²) in [6.45, 7) is 1.91. The largest absolute Gasteiger partial charge is 0.396 e. The average Bonchev–Trinajstić information content (AvgIpc) is 2.81. The second kappa shape index (κ2) is 4.60. The van der Waals surface area contributed by atoms with Gasteiger partial charge in [0.1, 0.15) is 0 Å². The Kier molecular flexibility index (Phi) is 3.53. The first-order valence-corrected chi connectivity index (χ1v) is 7.38. The molecule has 0 aromatic rings. The van der Waals surface area contributed by atoms with Gasteiger partial charge in [-0.05, 0) is 37.5 Å². The molecular formula is C10H20N2O3S. The lowest BCUT2D eigenvalue weighted by Crippen LogP contribution is -2.41. The highest BCUT2D eigenvalue weighted by molar-refractivity contribution is 7.87. The van der Waals surface area contributed by atoms with Crippen molar-refractivity contribution < 1.29 is 13.5 Å². The van der Waals surface area contributed by atoms with E-state index in [2.05, 4.69) is 4.72 Å². The first-order valence-electron chi connectivity index (χ1n) is 5.94. The zero-order valence-electron chi connectivity index (χ0n) is 9.48. The summed E-state index contributed by atoms with van der Waals surface area (Å²) in [7, 11) is -3.27. The first-order chi connectivity index (χ1) is 7.58. The van der Waals surface area contributed by atoms with E-state index in [4.69, 9.17) is 5.11 Å². The fourth-order valence-corrected chi connectivity index (χ4v) is 3.60. The smallest absolute Gasteiger partial charge is 0.279 e. The second-order valence-electron chi connectivity index (χ2n) is 4.91. The van der Waals surface area contributed by atoms with Crippen LogP contribution in [0, 0.1) is 5.41 Å². The van der Waals surface area contributed by atoms with Crippen LogP contribution in [-0.2, 0) is 10.2 Å². The molecule has 0 aromatic heterocycles. The van der Waals surface area contributed by atoms with Gasteiger partial charge in [0, 0.05) is 26.2 Å². The molecule has 0 aromatic carbocycles. The summed E-state index contributed by atoms with van der Waals surface area (Å²) in [4.78, 5) is 0. The lowest BCUT2D eigenvalue weighted by Gasteiger charge is -2.19. The number of aliphatic hydroxyl groups is 1. The third-order valence-corrected chi connectivity index (χ3v) is 5.19. The van der Waals surface area contributed by atoms with Crippen molar-refractivity contribution in [1.29, 1.82) is 0 Å². The van der Waals surface area contributed by atoms with Gasteiger partial charge < -0.3 is 5.11 Å². The summed E-state index contributed by atoms with van der Waals surface area (Å²) >= 11 is 0. The van der Waals surface area contributed by atoms with Crippen LogP contribution in [0.1, 0.15) is 32.1 Å². The molecule has 0 radical (unpaired) electrons. The van der Waals surface area contributed by atoms with E-state index in [1.807, 2.05) is 0 Å². The lowest BCUT2D eigenvalue weighted by molar-refractivity contribution is 0.248. The Labute approximate surface area is 97.0 Å².